The third-order valence-electron chi connectivity index (χ3n) is 7.74. The number of hydrogen-bond donors (Lipinski definition) is 1. The molecule has 6 heteroatoms. The summed E-state index contributed by atoms with van der Waals surface area (Å²) in [7, 11) is 0. The molecule has 6 nitrogen and oxygen atoms in total. The first-order chi connectivity index (χ1) is 14.1. The first kappa shape index (κ1) is 22.6. The first-order valence-electron chi connectivity index (χ1n) is 10.8. The van der Waals surface area contributed by atoms with Gasteiger partial charge in [0, 0.05) is 25.2 Å². The standard InChI is InChI=1S/C24H34O6/c1-15-20(27)6-7-22-23(15,5)12-21(30-18(4)26)16(2)24(22,14-29-17(3)25)10-8-19-9-11-28-13-19/h9,11,13,16,20-22,27H,1,6-8,10,12,14H2,2-5H3/t16-,20-,21-,22+,23+,24-/m1/s1. The number of carbonyl (C=O) groups excluding carboxylic acids is 2. The van der Waals surface area contributed by atoms with E-state index < -0.39 is 16.9 Å². The Kier molecular flexibility index (Phi) is 6.46. The zero-order valence-electron chi connectivity index (χ0n) is 18.5. The monoisotopic (exact) mass is 418 g/mol. The van der Waals surface area contributed by atoms with E-state index in [0.717, 1.165) is 30.4 Å². The van der Waals surface area contributed by atoms with E-state index in [9.17, 15) is 14.7 Å². The highest BCUT2D eigenvalue weighted by Gasteiger charge is 2.61. The molecule has 2 aliphatic carbocycles. The number of carbonyl (C=O) groups is 2. The van der Waals surface area contributed by atoms with E-state index in [1.165, 1.54) is 13.8 Å². The molecule has 1 aromatic heterocycles. The molecule has 1 aromatic rings. The lowest BCUT2D eigenvalue weighted by Crippen LogP contribution is -2.60. The molecule has 0 aliphatic heterocycles. The normalized spacial score (nSPS) is 36.1. The maximum atomic E-state index is 11.9. The number of esters is 2. The summed E-state index contributed by atoms with van der Waals surface area (Å²) in [6.45, 7) is 11.6. The molecule has 30 heavy (non-hydrogen) atoms. The van der Waals surface area contributed by atoms with Crippen LogP contribution in [-0.4, -0.2) is 35.9 Å². The first-order valence-corrected chi connectivity index (χ1v) is 10.8. The van der Waals surface area contributed by atoms with Crippen molar-refractivity contribution < 1.29 is 28.6 Å². The van der Waals surface area contributed by atoms with Gasteiger partial charge >= 0.3 is 11.9 Å². The molecule has 2 fully saturated rings. The number of aryl methyl sites for hydroxylation is 1. The van der Waals surface area contributed by atoms with Gasteiger partial charge in [0.15, 0.2) is 0 Å². The maximum Gasteiger partial charge on any atom is 0.302 e. The summed E-state index contributed by atoms with van der Waals surface area (Å²) in [6.07, 6.45) is 6.05. The molecule has 1 heterocycles. The van der Waals surface area contributed by atoms with E-state index in [-0.39, 0.29) is 36.5 Å². The Morgan fingerprint density at radius 3 is 2.63 bits per heavy atom. The second-order valence-electron chi connectivity index (χ2n) is 9.37. The predicted molar refractivity (Wildman–Crippen MR) is 111 cm³/mol. The summed E-state index contributed by atoms with van der Waals surface area (Å²) in [5.41, 5.74) is 1.04. The third-order valence-corrected chi connectivity index (χ3v) is 7.74. The van der Waals surface area contributed by atoms with Gasteiger partial charge in [-0.25, -0.2) is 0 Å². The Morgan fingerprint density at radius 1 is 1.30 bits per heavy atom. The van der Waals surface area contributed by atoms with Gasteiger partial charge in [-0.05, 0) is 60.6 Å². The number of aliphatic hydroxyl groups excluding tert-OH is 1. The molecule has 0 saturated heterocycles. The quantitative estimate of drug-likeness (QED) is 0.554. The van der Waals surface area contributed by atoms with Gasteiger partial charge < -0.3 is 19.0 Å². The molecule has 3 rings (SSSR count). The van der Waals surface area contributed by atoms with Crippen molar-refractivity contribution in [1.82, 2.24) is 0 Å². The van der Waals surface area contributed by atoms with Crippen LogP contribution < -0.4 is 0 Å². The van der Waals surface area contributed by atoms with Crippen LogP contribution in [0.25, 0.3) is 0 Å². The highest BCUT2D eigenvalue weighted by Crippen LogP contribution is 2.63. The summed E-state index contributed by atoms with van der Waals surface area (Å²) >= 11 is 0. The van der Waals surface area contributed by atoms with Crippen molar-refractivity contribution in [3.63, 3.8) is 0 Å². The number of ether oxygens (including phenoxy) is 2. The van der Waals surface area contributed by atoms with Crippen LogP contribution in [0.4, 0.5) is 0 Å². The molecule has 6 atom stereocenters. The van der Waals surface area contributed by atoms with Crippen molar-refractivity contribution in [2.24, 2.45) is 22.7 Å². The molecule has 0 unspecified atom stereocenters. The Labute approximate surface area is 178 Å². The van der Waals surface area contributed by atoms with Crippen molar-refractivity contribution >= 4 is 11.9 Å². The lowest BCUT2D eigenvalue weighted by Gasteiger charge is -2.61. The van der Waals surface area contributed by atoms with E-state index in [1.54, 1.807) is 12.5 Å². The van der Waals surface area contributed by atoms with Crippen molar-refractivity contribution in [1.29, 1.82) is 0 Å². The summed E-state index contributed by atoms with van der Waals surface area (Å²) in [5.74, 6) is -0.523. The lowest BCUT2D eigenvalue weighted by molar-refractivity contribution is -0.191. The van der Waals surface area contributed by atoms with E-state index in [1.807, 2.05) is 6.07 Å². The van der Waals surface area contributed by atoms with Crippen LogP contribution in [0.15, 0.2) is 35.2 Å². The molecule has 2 saturated carbocycles. The highest BCUT2D eigenvalue weighted by molar-refractivity contribution is 5.66. The zero-order valence-corrected chi connectivity index (χ0v) is 18.5. The SMILES string of the molecule is C=C1[C@H](O)CC[C@@H]2[C@](CCc3ccoc3)(COC(C)=O)[C@H](C)[C@H](OC(C)=O)C[C@@]12C. The van der Waals surface area contributed by atoms with Crippen LogP contribution in [0, 0.1) is 22.7 Å². The van der Waals surface area contributed by atoms with E-state index in [4.69, 9.17) is 13.9 Å². The van der Waals surface area contributed by atoms with Gasteiger partial charge in [0.25, 0.3) is 0 Å². The number of rotatable bonds is 6. The van der Waals surface area contributed by atoms with Crippen molar-refractivity contribution in [3.05, 3.63) is 36.3 Å². The van der Waals surface area contributed by atoms with E-state index in [2.05, 4.69) is 20.4 Å². The fourth-order valence-corrected chi connectivity index (χ4v) is 6.01. The molecule has 0 amide bonds. The Bertz CT molecular complexity index is 784. The van der Waals surface area contributed by atoms with Crippen molar-refractivity contribution in [2.75, 3.05) is 6.61 Å². The highest BCUT2D eigenvalue weighted by atomic mass is 16.5. The second-order valence-corrected chi connectivity index (χ2v) is 9.37. The van der Waals surface area contributed by atoms with Crippen LogP contribution in [-0.2, 0) is 25.5 Å². The van der Waals surface area contributed by atoms with Gasteiger partial charge in [0.2, 0.25) is 0 Å². The lowest BCUT2D eigenvalue weighted by atomic mass is 9.44. The molecule has 2 aliphatic rings. The molecule has 0 bridgehead atoms. The van der Waals surface area contributed by atoms with Crippen LogP contribution in [0.5, 0.6) is 0 Å². The zero-order chi connectivity index (χ0) is 22.1. The van der Waals surface area contributed by atoms with Gasteiger partial charge in [0.05, 0.1) is 25.2 Å². The average molecular weight is 419 g/mol. The van der Waals surface area contributed by atoms with Gasteiger partial charge in [0.1, 0.15) is 6.10 Å². The largest absolute Gasteiger partial charge is 0.472 e. The summed E-state index contributed by atoms with van der Waals surface area (Å²) in [6, 6.07) is 1.94. The van der Waals surface area contributed by atoms with E-state index in [0.29, 0.717) is 12.8 Å². The van der Waals surface area contributed by atoms with Crippen LogP contribution in [0.1, 0.15) is 58.9 Å². The Hall–Kier alpha value is -2.08. The fourth-order valence-electron chi connectivity index (χ4n) is 6.01. The summed E-state index contributed by atoms with van der Waals surface area (Å²) in [5, 5.41) is 10.6. The maximum absolute atomic E-state index is 11.9. The van der Waals surface area contributed by atoms with Gasteiger partial charge in [-0.15, -0.1) is 0 Å². The average Bonchev–Trinajstić information content (AvgIpc) is 3.19. The molecule has 1 N–H and O–H groups in total. The fraction of sp³-hybridized carbons (Fsp3) is 0.667. The van der Waals surface area contributed by atoms with Crippen LogP contribution in [0.2, 0.25) is 0 Å². The smallest absolute Gasteiger partial charge is 0.302 e. The second kappa shape index (κ2) is 8.58. The summed E-state index contributed by atoms with van der Waals surface area (Å²) in [4.78, 5) is 23.7. The van der Waals surface area contributed by atoms with E-state index >= 15 is 0 Å². The minimum absolute atomic E-state index is 0.0197. The van der Waals surface area contributed by atoms with Crippen LogP contribution >= 0.6 is 0 Å². The number of hydrogen-bond acceptors (Lipinski definition) is 6. The number of furan rings is 1. The number of aliphatic hydroxyl groups is 1. The van der Waals surface area contributed by atoms with Gasteiger partial charge in [-0.2, -0.15) is 0 Å². The number of fused-ring (bicyclic) bond motifs is 1. The third kappa shape index (κ3) is 4.07. The predicted octanol–water partition coefficient (Wildman–Crippen LogP) is 4.07. The van der Waals surface area contributed by atoms with Crippen LogP contribution in [0.3, 0.4) is 0 Å². The van der Waals surface area contributed by atoms with Crippen molar-refractivity contribution in [2.45, 2.75) is 72.0 Å². The minimum atomic E-state index is -0.571. The van der Waals surface area contributed by atoms with Gasteiger partial charge in [-0.1, -0.05) is 20.4 Å². The topological polar surface area (TPSA) is 86.0 Å². The molecular weight excluding hydrogens is 384 g/mol. The molecule has 0 radical (unpaired) electrons. The Balaban J connectivity index is 2.05. The molecule has 0 aromatic carbocycles. The summed E-state index contributed by atoms with van der Waals surface area (Å²) < 4.78 is 16.7. The molecular formula is C24H34O6. The Morgan fingerprint density at radius 2 is 2.03 bits per heavy atom. The van der Waals surface area contributed by atoms with Crippen molar-refractivity contribution in [3.8, 4) is 0 Å². The molecule has 0 spiro atoms. The molecule has 166 valence electrons. The minimum Gasteiger partial charge on any atom is -0.472 e. The van der Waals surface area contributed by atoms with Gasteiger partial charge in [-0.3, -0.25) is 9.59 Å².